The molecule has 0 radical (unpaired) electrons. The average Bonchev–Trinajstić information content (AvgIpc) is 3.33. The Hall–Kier alpha value is -2.81. The first kappa shape index (κ1) is 65.2. The molecule has 9 nitrogen and oxygen atoms in total. The maximum Gasteiger partial charge on any atom is 0.472 e. The van der Waals surface area contributed by atoms with Crippen LogP contribution in [-0.4, -0.2) is 49.3 Å². The molecule has 392 valence electrons. The first-order valence-corrected chi connectivity index (χ1v) is 29.1. The molecule has 0 fully saturated rings. The molecule has 0 spiro atoms. The number of phosphoric ester groups is 1. The number of rotatable bonds is 51. The van der Waals surface area contributed by atoms with Gasteiger partial charge in [0.05, 0.1) is 13.2 Å². The minimum atomic E-state index is -4.39. The van der Waals surface area contributed by atoms with Crippen LogP contribution in [0.4, 0.5) is 0 Å². The number of hydrogen-bond acceptors (Lipinski definition) is 8. The Morgan fingerprint density at radius 1 is 0.456 bits per heavy atom. The van der Waals surface area contributed by atoms with Crippen LogP contribution in [0.25, 0.3) is 0 Å². The number of unbranched alkanes of at least 4 members (excludes halogenated alkanes) is 24. The van der Waals surface area contributed by atoms with Crippen LogP contribution >= 0.6 is 7.82 Å². The predicted molar refractivity (Wildman–Crippen MR) is 289 cm³/mol. The summed E-state index contributed by atoms with van der Waals surface area (Å²) in [5.74, 6) is -0.839. The van der Waals surface area contributed by atoms with E-state index in [1.165, 1.54) is 109 Å². The second kappa shape index (κ2) is 53.5. The lowest BCUT2D eigenvalue weighted by molar-refractivity contribution is -0.161. The smallest absolute Gasteiger partial charge is 0.462 e. The maximum absolute atomic E-state index is 12.7. The van der Waals surface area contributed by atoms with Gasteiger partial charge >= 0.3 is 19.8 Å². The van der Waals surface area contributed by atoms with Crippen molar-refractivity contribution in [1.82, 2.24) is 0 Å². The summed E-state index contributed by atoms with van der Waals surface area (Å²) < 4.78 is 33.0. The summed E-state index contributed by atoms with van der Waals surface area (Å²) in [6.45, 7) is 3.62. The molecule has 0 aliphatic carbocycles. The number of allylic oxidation sites excluding steroid dienone is 14. The van der Waals surface area contributed by atoms with E-state index in [4.69, 9.17) is 24.3 Å². The van der Waals surface area contributed by atoms with Crippen LogP contribution in [-0.2, 0) is 32.7 Å². The van der Waals surface area contributed by atoms with Crippen molar-refractivity contribution in [2.24, 2.45) is 5.73 Å². The lowest BCUT2D eigenvalue weighted by Gasteiger charge is -2.19. The highest BCUT2D eigenvalue weighted by molar-refractivity contribution is 7.47. The second-order valence-electron chi connectivity index (χ2n) is 18.1. The van der Waals surface area contributed by atoms with Crippen molar-refractivity contribution in [1.29, 1.82) is 0 Å². The fourth-order valence-corrected chi connectivity index (χ4v) is 8.22. The normalized spacial score (nSPS) is 13.8. The summed E-state index contributed by atoms with van der Waals surface area (Å²) in [4.78, 5) is 35.1. The van der Waals surface area contributed by atoms with Gasteiger partial charge < -0.3 is 20.1 Å². The number of nitrogens with two attached hydrogens (primary N) is 1. The molecular formula is C58H102NO8P. The summed E-state index contributed by atoms with van der Waals surface area (Å²) in [6, 6.07) is 0. The van der Waals surface area contributed by atoms with E-state index in [1.807, 2.05) is 0 Å². The van der Waals surface area contributed by atoms with Gasteiger partial charge in [-0.15, -0.1) is 0 Å². The average molecular weight is 972 g/mol. The van der Waals surface area contributed by atoms with Gasteiger partial charge in [-0.1, -0.05) is 221 Å². The number of carbonyl (C=O) groups is 2. The Balaban J connectivity index is 3.99. The van der Waals surface area contributed by atoms with Crippen LogP contribution in [0, 0.1) is 0 Å². The molecule has 0 saturated heterocycles. The lowest BCUT2D eigenvalue weighted by Crippen LogP contribution is -2.29. The van der Waals surface area contributed by atoms with Gasteiger partial charge in [-0.25, -0.2) is 4.57 Å². The standard InChI is InChI=1S/C58H102NO8P/c1-3-5-7-9-11-13-15-17-19-21-22-23-24-25-26-27-28-29-30-31-32-33-34-35-37-39-41-43-45-47-49-51-58(61)67-56(55-66-68(62,63)65-53-52-59)54-64-57(60)50-48-46-44-42-40-38-36-20-18-16-14-12-10-8-6-4-2/h5,7,11,13,17,19-20,22-23,25-26,28-29,36,56H,3-4,6,8-10,12,14-16,18,21,24,27,30-35,37-55,59H2,1-2H3,(H,62,63)/b7-5-,13-11-,19-17-,23-22-,26-25-,29-28-,36-20-. The van der Waals surface area contributed by atoms with Crippen molar-refractivity contribution in [2.45, 2.75) is 245 Å². The first-order chi connectivity index (χ1) is 33.3. The Labute approximate surface area is 417 Å². The quantitative estimate of drug-likeness (QED) is 0.0264. The van der Waals surface area contributed by atoms with E-state index in [2.05, 4.69) is 98.9 Å². The molecule has 0 rings (SSSR count). The van der Waals surface area contributed by atoms with Gasteiger partial charge in [0.1, 0.15) is 6.61 Å². The van der Waals surface area contributed by atoms with Crippen molar-refractivity contribution < 1.29 is 37.6 Å². The molecule has 2 unspecified atom stereocenters. The van der Waals surface area contributed by atoms with Crippen LogP contribution in [0.3, 0.4) is 0 Å². The lowest BCUT2D eigenvalue weighted by atomic mass is 10.0. The summed E-state index contributed by atoms with van der Waals surface area (Å²) in [7, 11) is -4.39. The molecule has 0 aromatic rings. The maximum atomic E-state index is 12.7. The number of phosphoric acid groups is 1. The van der Waals surface area contributed by atoms with Crippen molar-refractivity contribution in [2.75, 3.05) is 26.4 Å². The summed E-state index contributed by atoms with van der Waals surface area (Å²) >= 11 is 0. The SMILES string of the molecule is CC/C=C\C/C=C\C/C=C\C/C=C\C/C=C\C/C=C\CCCCCCCCCCCCCCC(=O)OC(COC(=O)CCCCCCC/C=C\CCCCCCCCC)COP(=O)(O)OCCN. The Morgan fingerprint density at radius 3 is 1.22 bits per heavy atom. The minimum Gasteiger partial charge on any atom is -0.462 e. The molecule has 0 bridgehead atoms. The van der Waals surface area contributed by atoms with Crippen molar-refractivity contribution >= 4 is 19.8 Å². The van der Waals surface area contributed by atoms with Crippen LogP contribution < -0.4 is 5.73 Å². The zero-order chi connectivity index (χ0) is 49.5. The fourth-order valence-electron chi connectivity index (χ4n) is 7.46. The molecule has 0 aliphatic rings. The second-order valence-corrected chi connectivity index (χ2v) is 19.5. The van der Waals surface area contributed by atoms with E-state index in [0.29, 0.717) is 6.42 Å². The predicted octanol–water partition coefficient (Wildman–Crippen LogP) is 17.1. The number of esters is 2. The third-order valence-corrected chi connectivity index (χ3v) is 12.5. The summed E-state index contributed by atoms with van der Waals surface area (Å²) in [5.41, 5.74) is 5.37. The third kappa shape index (κ3) is 52.6. The van der Waals surface area contributed by atoms with Gasteiger partial charge in [0.2, 0.25) is 0 Å². The van der Waals surface area contributed by atoms with E-state index >= 15 is 0 Å². The highest BCUT2D eigenvalue weighted by Gasteiger charge is 2.26. The molecular weight excluding hydrogens is 870 g/mol. The van der Waals surface area contributed by atoms with Crippen LogP contribution in [0.15, 0.2) is 85.1 Å². The van der Waals surface area contributed by atoms with Gasteiger partial charge in [0, 0.05) is 19.4 Å². The molecule has 68 heavy (non-hydrogen) atoms. The van der Waals surface area contributed by atoms with Crippen LogP contribution in [0.2, 0.25) is 0 Å². The molecule has 0 amide bonds. The van der Waals surface area contributed by atoms with Gasteiger partial charge in [0.15, 0.2) is 6.10 Å². The highest BCUT2D eigenvalue weighted by Crippen LogP contribution is 2.43. The molecule has 0 aromatic heterocycles. The molecule has 0 heterocycles. The number of carbonyl (C=O) groups excluding carboxylic acids is 2. The first-order valence-electron chi connectivity index (χ1n) is 27.6. The van der Waals surface area contributed by atoms with Gasteiger partial charge in [0.25, 0.3) is 0 Å². The molecule has 2 atom stereocenters. The van der Waals surface area contributed by atoms with Gasteiger partial charge in [-0.05, 0) is 89.9 Å². The van der Waals surface area contributed by atoms with E-state index in [-0.39, 0.29) is 32.6 Å². The molecule has 0 aliphatic heterocycles. The van der Waals surface area contributed by atoms with E-state index in [0.717, 1.165) is 96.3 Å². The van der Waals surface area contributed by atoms with Crippen LogP contribution in [0.1, 0.15) is 239 Å². The van der Waals surface area contributed by atoms with E-state index in [1.54, 1.807) is 0 Å². The molecule has 3 N–H and O–H groups in total. The Bertz CT molecular complexity index is 1390. The molecule has 10 heteroatoms. The molecule has 0 aromatic carbocycles. The monoisotopic (exact) mass is 972 g/mol. The number of hydrogen-bond donors (Lipinski definition) is 2. The van der Waals surface area contributed by atoms with Crippen molar-refractivity contribution in [3.8, 4) is 0 Å². The number of ether oxygens (including phenoxy) is 2. The Morgan fingerprint density at radius 2 is 0.809 bits per heavy atom. The van der Waals surface area contributed by atoms with Crippen LogP contribution in [0.5, 0.6) is 0 Å². The fraction of sp³-hybridized carbons (Fsp3) is 0.724. The van der Waals surface area contributed by atoms with Crippen molar-refractivity contribution in [3.63, 3.8) is 0 Å². The van der Waals surface area contributed by atoms with Gasteiger partial charge in [-0.2, -0.15) is 0 Å². The van der Waals surface area contributed by atoms with E-state index in [9.17, 15) is 19.0 Å². The van der Waals surface area contributed by atoms with Crippen molar-refractivity contribution in [3.05, 3.63) is 85.1 Å². The Kier molecular flexibility index (Phi) is 51.3. The zero-order valence-electron chi connectivity index (χ0n) is 43.6. The van der Waals surface area contributed by atoms with Gasteiger partial charge in [-0.3, -0.25) is 18.6 Å². The topological polar surface area (TPSA) is 134 Å². The summed E-state index contributed by atoms with van der Waals surface area (Å²) in [6.07, 6.45) is 69.2. The zero-order valence-corrected chi connectivity index (χ0v) is 44.5. The largest absolute Gasteiger partial charge is 0.472 e. The summed E-state index contributed by atoms with van der Waals surface area (Å²) in [5, 5.41) is 0. The third-order valence-electron chi connectivity index (χ3n) is 11.5. The molecule has 0 saturated carbocycles. The highest BCUT2D eigenvalue weighted by atomic mass is 31.2. The van der Waals surface area contributed by atoms with E-state index < -0.39 is 32.5 Å². The minimum absolute atomic E-state index is 0.0493.